The van der Waals surface area contributed by atoms with Crippen molar-refractivity contribution in [2.24, 2.45) is 0 Å². The van der Waals surface area contributed by atoms with E-state index in [1.165, 1.54) is 0 Å². The first-order chi connectivity index (χ1) is 9.11. The third-order valence-corrected chi connectivity index (χ3v) is 4.51. The number of aromatic carboxylic acids is 1. The van der Waals surface area contributed by atoms with E-state index in [0.717, 1.165) is 16.7 Å². The van der Waals surface area contributed by atoms with Gasteiger partial charge in [-0.3, -0.25) is 0 Å². The molecule has 1 N–H and O–H groups in total. The highest BCUT2D eigenvalue weighted by Crippen LogP contribution is 2.51. The van der Waals surface area contributed by atoms with Crippen LogP contribution >= 0.6 is 23.2 Å². The van der Waals surface area contributed by atoms with Gasteiger partial charge in [0.1, 0.15) is 0 Å². The van der Waals surface area contributed by atoms with Crippen LogP contribution in [0.1, 0.15) is 32.2 Å². The minimum Gasteiger partial charge on any atom is -0.478 e. The summed E-state index contributed by atoms with van der Waals surface area (Å²) >= 11 is 12.8. The number of carbonyl (C=O) groups is 1. The lowest BCUT2D eigenvalue weighted by Gasteiger charge is -2.29. The first-order valence-corrected chi connectivity index (χ1v) is 6.72. The fourth-order valence-electron chi connectivity index (χ4n) is 2.56. The van der Waals surface area contributed by atoms with Crippen LogP contribution in [0.4, 0.5) is 0 Å². The summed E-state index contributed by atoms with van der Waals surface area (Å²) in [4.78, 5) is 11.4. The van der Waals surface area contributed by atoms with Crippen molar-refractivity contribution in [1.82, 2.24) is 0 Å². The summed E-state index contributed by atoms with van der Waals surface area (Å²) in [5.41, 5.74) is 3.46. The molecule has 0 bridgehead atoms. The Morgan fingerprint density at radius 3 is 2.32 bits per heavy atom. The smallest absolute Gasteiger partial charge is 0.336 e. The van der Waals surface area contributed by atoms with Crippen molar-refractivity contribution in [2.75, 3.05) is 0 Å². The summed E-state index contributed by atoms with van der Waals surface area (Å²) in [6.45, 7) is 0. The van der Waals surface area contributed by atoms with Crippen LogP contribution in [0.5, 0.6) is 0 Å². The van der Waals surface area contributed by atoms with E-state index < -0.39 is 11.3 Å². The van der Waals surface area contributed by atoms with Crippen molar-refractivity contribution in [3.63, 3.8) is 0 Å². The monoisotopic (exact) mass is 292 g/mol. The van der Waals surface area contributed by atoms with Crippen molar-refractivity contribution in [1.29, 1.82) is 0 Å². The van der Waals surface area contributed by atoms with Crippen LogP contribution in [0.2, 0.25) is 0 Å². The predicted molar refractivity (Wildman–Crippen MR) is 76.0 cm³/mol. The van der Waals surface area contributed by atoms with Gasteiger partial charge in [-0.2, -0.15) is 0 Å². The van der Waals surface area contributed by atoms with E-state index in [9.17, 15) is 9.90 Å². The second-order valence-electron chi connectivity index (χ2n) is 4.47. The van der Waals surface area contributed by atoms with Crippen LogP contribution in [0.15, 0.2) is 42.5 Å². The van der Waals surface area contributed by atoms with Gasteiger partial charge in [-0.05, 0) is 22.8 Å². The number of benzene rings is 2. The highest BCUT2D eigenvalue weighted by Gasteiger charge is 2.33. The Labute approximate surface area is 120 Å². The maximum atomic E-state index is 11.4. The molecule has 2 nitrogen and oxygen atoms in total. The minimum absolute atomic E-state index is 0.263. The van der Waals surface area contributed by atoms with Gasteiger partial charge in [-0.15, -0.1) is 23.2 Å². The number of fused-ring (bicyclic) bond motifs is 3. The van der Waals surface area contributed by atoms with Gasteiger partial charge in [0.25, 0.3) is 0 Å². The van der Waals surface area contributed by atoms with E-state index in [0.29, 0.717) is 5.56 Å². The minimum atomic E-state index is -0.955. The van der Waals surface area contributed by atoms with Gasteiger partial charge in [0, 0.05) is 5.56 Å². The van der Waals surface area contributed by atoms with E-state index in [4.69, 9.17) is 23.2 Å². The molecule has 0 amide bonds. The molecule has 0 saturated carbocycles. The summed E-state index contributed by atoms with van der Waals surface area (Å²) in [6, 6.07) is 12.7. The van der Waals surface area contributed by atoms with Gasteiger partial charge >= 0.3 is 5.97 Å². The number of alkyl halides is 2. The van der Waals surface area contributed by atoms with E-state index in [2.05, 4.69) is 0 Å². The molecule has 2 atom stereocenters. The Hall–Kier alpha value is -1.51. The zero-order valence-corrected chi connectivity index (χ0v) is 11.3. The molecule has 4 heteroatoms. The highest BCUT2D eigenvalue weighted by atomic mass is 35.5. The normalized spacial score (nSPS) is 20.5. The summed E-state index contributed by atoms with van der Waals surface area (Å²) in [7, 11) is 0. The average Bonchev–Trinajstić information content (AvgIpc) is 2.44. The van der Waals surface area contributed by atoms with Crippen molar-refractivity contribution in [3.8, 4) is 11.1 Å². The van der Waals surface area contributed by atoms with Gasteiger partial charge in [-0.1, -0.05) is 36.4 Å². The molecule has 1 aliphatic rings. The Bertz CT molecular complexity index is 667. The first kappa shape index (κ1) is 12.5. The Kier molecular flexibility index (Phi) is 3.00. The molecule has 0 fully saturated rings. The summed E-state index contributed by atoms with van der Waals surface area (Å²) in [5, 5.41) is 8.56. The van der Waals surface area contributed by atoms with Gasteiger partial charge in [0.15, 0.2) is 0 Å². The van der Waals surface area contributed by atoms with Crippen LogP contribution in [-0.4, -0.2) is 11.1 Å². The maximum absolute atomic E-state index is 11.4. The lowest BCUT2D eigenvalue weighted by Crippen LogP contribution is -2.13. The summed E-state index contributed by atoms with van der Waals surface area (Å²) in [5.74, 6) is -0.955. The SMILES string of the molecule is O=C(O)c1cccc2c1-c1ccccc1[C@@H](Cl)[C@H]2Cl. The van der Waals surface area contributed by atoms with Crippen LogP contribution < -0.4 is 0 Å². The second kappa shape index (κ2) is 4.55. The number of rotatable bonds is 1. The molecule has 19 heavy (non-hydrogen) atoms. The Morgan fingerprint density at radius 2 is 1.58 bits per heavy atom. The number of carboxylic acid groups (broad SMARTS) is 1. The predicted octanol–water partition coefficient (Wildman–Crippen LogP) is 4.63. The van der Waals surface area contributed by atoms with Crippen LogP contribution in [0.3, 0.4) is 0 Å². The van der Waals surface area contributed by atoms with E-state index in [1.54, 1.807) is 12.1 Å². The molecule has 0 aromatic heterocycles. The van der Waals surface area contributed by atoms with Gasteiger partial charge in [0.05, 0.1) is 16.3 Å². The largest absolute Gasteiger partial charge is 0.478 e. The summed E-state index contributed by atoms with van der Waals surface area (Å²) < 4.78 is 0. The molecule has 0 heterocycles. The number of hydrogen-bond acceptors (Lipinski definition) is 1. The van der Waals surface area contributed by atoms with E-state index in [1.807, 2.05) is 30.3 Å². The molecule has 1 aliphatic carbocycles. The van der Waals surface area contributed by atoms with Crippen molar-refractivity contribution < 1.29 is 9.90 Å². The Balaban J connectivity index is 2.38. The van der Waals surface area contributed by atoms with Crippen LogP contribution in [-0.2, 0) is 0 Å². The zero-order valence-electron chi connectivity index (χ0n) is 9.81. The molecule has 0 radical (unpaired) electrons. The van der Waals surface area contributed by atoms with Crippen LogP contribution in [0.25, 0.3) is 11.1 Å². The highest BCUT2D eigenvalue weighted by molar-refractivity contribution is 6.31. The topological polar surface area (TPSA) is 37.3 Å². The van der Waals surface area contributed by atoms with Crippen molar-refractivity contribution in [3.05, 3.63) is 59.2 Å². The maximum Gasteiger partial charge on any atom is 0.336 e. The Morgan fingerprint density at radius 1 is 0.947 bits per heavy atom. The third kappa shape index (κ3) is 1.83. The van der Waals surface area contributed by atoms with Crippen molar-refractivity contribution in [2.45, 2.75) is 10.8 Å². The molecule has 2 aromatic carbocycles. The third-order valence-electron chi connectivity index (χ3n) is 3.41. The lowest BCUT2D eigenvalue weighted by molar-refractivity contribution is 0.0697. The quantitative estimate of drug-likeness (QED) is 0.779. The van der Waals surface area contributed by atoms with Crippen molar-refractivity contribution >= 4 is 29.2 Å². The number of carboxylic acids is 1. The van der Waals surface area contributed by atoms with Gasteiger partial charge in [-0.25, -0.2) is 4.79 Å². The summed E-state index contributed by atoms with van der Waals surface area (Å²) in [6.07, 6.45) is 0. The zero-order chi connectivity index (χ0) is 13.6. The molecule has 0 spiro atoms. The second-order valence-corrected chi connectivity index (χ2v) is 5.41. The molecule has 0 aliphatic heterocycles. The fourth-order valence-corrected chi connectivity index (χ4v) is 3.20. The molecule has 0 unspecified atom stereocenters. The fraction of sp³-hybridized carbons (Fsp3) is 0.133. The van der Waals surface area contributed by atoms with Gasteiger partial charge in [0.2, 0.25) is 0 Å². The van der Waals surface area contributed by atoms with Crippen LogP contribution in [0, 0.1) is 0 Å². The number of halogens is 2. The first-order valence-electron chi connectivity index (χ1n) is 5.85. The standard InChI is InChI=1S/C15H10Cl2O2/c16-13-9-5-2-1-4-8(9)12-10(14(13)17)6-3-7-11(12)15(18)19/h1-7,13-14H,(H,18,19)/t13-,14+/m1/s1. The molecular weight excluding hydrogens is 283 g/mol. The average molecular weight is 293 g/mol. The van der Waals surface area contributed by atoms with Gasteiger partial charge < -0.3 is 5.11 Å². The molecule has 2 aromatic rings. The number of hydrogen-bond donors (Lipinski definition) is 1. The van der Waals surface area contributed by atoms with E-state index >= 15 is 0 Å². The lowest BCUT2D eigenvalue weighted by atomic mass is 9.82. The molecular formula is C15H10Cl2O2. The molecule has 96 valence electrons. The molecule has 0 saturated heterocycles. The molecule has 3 rings (SSSR count). The van der Waals surface area contributed by atoms with E-state index in [-0.39, 0.29) is 10.9 Å².